The SMILES string of the molecule is C[C@@H]1C(=O)N(c2ccc(Cl)cc2Cl)CCN1Cc1ccc(F)cc1. The van der Waals surface area contributed by atoms with Crippen LogP contribution in [-0.2, 0) is 11.3 Å². The molecule has 1 fully saturated rings. The lowest BCUT2D eigenvalue weighted by Gasteiger charge is -2.39. The van der Waals surface area contributed by atoms with E-state index in [1.807, 2.05) is 6.92 Å². The number of benzene rings is 2. The molecule has 2 aromatic rings. The van der Waals surface area contributed by atoms with Crippen LogP contribution in [0.25, 0.3) is 0 Å². The second-order valence-electron chi connectivity index (χ2n) is 5.86. The molecular formula is C18H17Cl2FN2O. The van der Waals surface area contributed by atoms with E-state index in [9.17, 15) is 9.18 Å². The lowest BCUT2D eigenvalue weighted by atomic mass is 10.1. The monoisotopic (exact) mass is 366 g/mol. The van der Waals surface area contributed by atoms with E-state index in [4.69, 9.17) is 23.2 Å². The summed E-state index contributed by atoms with van der Waals surface area (Å²) >= 11 is 12.2. The molecule has 0 spiro atoms. The zero-order valence-electron chi connectivity index (χ0n) is 13.2. The molecule has 0 radical (unpaired) electrons. The van der Waals surface area contributed by atoms with Crippen molar-refractivity contribution in [1.29, 1.82) is 0 Å². The summed E-state index contributed by atoms with van der Waals surface area (Å²) in [5.41, 5.74) is 1.66. The van der Waals surface area contributed by atoms with Crippen LogP contribution in [-0.4, -0.2) is 29.9 Å². The molecule has 0 N–H and O–H groups in total. The van der Waals surface area contributed by atoms with E-state index in [-0.39, 0.29) is 17.8 Å². The maximum absolute atomic E-state index is 13.0. The first-order chi connectivity index (χ1) is 11.5. The largest absolute Gasteiger partial charge is 0.308 e. The highest BCUT2D eigenvalue weighted by Crippen LogP contribution is 2.31. The van der Waals surface area contributed by atoms with Gasteiger partial charge in [-0.3, -0.25) is 9.69 Å². The van der Waals surface area contributed by atoms with Gasteiger partial charge in [-0.2, -0.15) is 0 Å². The van der Waals surface area contributed by atoms with Crippen LogP contribution in [0.15, 0.2) is 42.5 Å². The molecule has 3 nitrogen and oxygen atoms in total. The Kier molecular flexibility index (Phi) is 5.09. The van der Waals surface area contributed by atoms with Crippen LogP contribution >= 0.6 is 23.2 Å². The van der Waals surface area contributed by atoms with Crippen molar-refractivity contribution in [2.24, 2.45) is 0 Å². The summed E-state index contributed by atoms with van der Waals surface area (Å²) in [5.74, 6) is -0.266. The van der Waals surface area contributed by atoms with Gasteiger partial charge >= 0.3 is 0 Å². The average molecular weight is 367 g/mol. The molecule has 1 aliphatic heterocycles. The van der Waals surface area contributed by atoms with Gasteiger partial charge in [0.2, 0.25) is 5.91 Å². The fourth-order valence-corrected chi connectivity index (χ4v) is 3.40. The van der Waals surface area contributed by atoms with E-state index in [1.54, 1.807) is 35.2 Å². The number of halogens is 3. The van der Waals surface area contributed by atoms with E-state index < -0.39 is 0 Å². The smallest absolute Gasteiger partial charge is 0.244 e. The number of rotatable bonds is 3. The highest BCUT2D eigenvalue weighted by Gasteiger charge is 2.33. The van der Waals surface area contributed by atoms with Crippen molar-refractivity contribution >= 4 is 34.8 Å². The van der Waals surface area contributed by atoms with Crippen molar-refractivity contribution < 1.29 is 9.18 Å². The van der Waals surface area contributed by atoms with Crippen LogP contribution in [0.1, 0.15) is 12.5 Å². The van der Waals surface area contributed by atoms with Gasteiger partial charge in [0.25, 0.3) is 0 Å². The third-order valence-electron chi connectivity index (χ3n) is 4.28. The number of amides is 1. The molecule has 0 aromatic heterocycles. The van der Waals surface area contributed by atoms with Crippen molar-refractivity contribution in [3.63, 3.8) is 0 Å². The minimum Gasteiger partial charge on any atom is -0.308 e. The Morgan fingerprint density at radius 1 is 1.12 bits per heavy atom. The van der Waals surface area contributed by atoms with Crippen LogP contribution in [0.5, 0.6) is 0 Å². The maximum Gasteiger partial charge on any atom is 0.244 e. The number of carbonyl (C=O) groups is 1. The van der Waals surface area contributed by atoms with E-state index in [0.29, 0.717) is 35.4 Å². The molecule has 0 bridgehead atoms. The Labute approximate surface area is 150 Å². The van der Waals surface area contributed by atoms with Crippen molar-refractivity contribution in [2.75, 3.05) is 18.0 Å². The van der Waals surface area contributed by atoms with Gasteiger partial charge < -0.3 is 4.90 Å². The number of hydrogen-bond acceptors (Lipinski definition) is 2. The van der Waals surface area contributed by atoms with Gasteiger partial charge in [-0.05, 0) is 42.8 Å². The second-order valence-corrected chi connectivity index (χ2v) is 6.70. The predicted molar refractivity (Wildman–Crippen MR) is 95.1 cm³/mol. The molecule has 6 heteroatoms. The summed E-state index contributed by atoms with van der Waals surface area (Å²) < 4.78 is 13.0. The molecule has 1 saturated heterocycles. The van der Waals surface area contributed by atoms with Gasteiger partial charge in [0, 0.05) is 24.7 Å². The van der Waals surface area contributed by atoms with Gasteiger partial charge in [-0.15, -0.1) is 0 Å². The topological polar surface area (TPSA) is 23.6 Å². The lowest BCUT2D eigenvalue weighted by Crippen LogP contribution is -2.55. The van der Waals surface area contributed by atoms with Gasteiger partial charge in [-0.1, -0.05) is 35.3 Å². The quantitative estimate of drug-likeness (QED) is 0.804. The van der Waals surface area contributed by atoms with Gasteiger partial charge in [0.05, 0.1) is 16.8 Å². The number of piperazine rings is 1. The summed E-state index contributed by atoms with van der Waals surface area (Å²) in [4.78, 5) is 16.5. The fraction of sp³-hybridized carbons (Fsp3) is 0.278. The molecule has 1 aliphatic rings. The van der Waals surface area contributed by atoms with Crippen molar-refractivity contribution in [3.05, 3.63) is 63.9 Å². The van der Waals surface area contributed by atoms with Crippen LogP contribution in [0, 0.1) is 5.82 Å². The Bertz CT molecular complexity index is 751. The first-order valence-electron chi connectivity index (χ1n) is 7.70. The third kappa shape index (κ3) is 3.56. The molecule has 0 unspecified atom stereocenters. The Hall–Kier alpha value is -1.62. The standard InChI is InChI=1S/C18H17Cl2FN2O/c1-12-18(24)23(17-7-4-14(19)10-16(17)20)9-8-22(12)11-13-2-5-15(21)6-3-13/h2-7,10,12H,8-9,11H2,1H3/t12-/m1/s1. The predicted octanol–water partition coefficient (Wildman–Crippen LogP) is 4.37. The number of nitrogens with zero attached hydrogens (tertiary/aromatic N) is 2. The van der Waals surface area contributed by atoms with Crippen LogP contribution in [0.3, 0.4) is 0 Å². The van der Waals surface area contributed by atoms with Gasteiger partial charge in [-0.25, -0.2) is 4.39 Å². The summed E-state index contributed by atoms with van der Waals surface area (Å²) in [6, 6.07) is 11.2. The van der Waals surface area contributed by atoms with E-state index in [1.165, 1.54) is 12.1 Å². The fourth-order valence-electron chi connectivity index (χ4n) is 2.89. The second kappa shape index (κ2) is 7.09. The highest BCUT2D eigenvalue weighted by atomic mass is 35.5. The summed E-state index contributed by atoms with van der Waals surface area (Å²) in [6.45, 7) is 3.74. The molecule has 1 heterocycles. The molecule has 1 atom stereocenters. The van der Waals surface area contributed by atoms with Crippen molar-refractivity contribution in [3.8, 4) is 0 Å². The van der Waals surface area contributed by atoms with Crippen molar-refractivity contribution in [2.45, 2.75) is 19.5 Å². The van der Waals surface area contributed by atoms with Gasteiger partial charge in [0.15, 0.2) is 0 Å². The van der Waals surface area contributed by atoms with Crippen LogP contribution in [0.2, 0.25) is 10.0 Å². The first kappa shape index (κ1) is 17.2. The number of hydrogen-bond donors (Lipinski definition) is 0. The molecular weight excluding hydrogens is 350 g/mol. The van der Waals surface area contributed by atoms with Crippen LogP contribution < -0.4 is 4.90 Å². The molecule has 24 heavy (non-hydrogen) atoms. The van der Waals surface area contributed by atoms with Gasteiger partial charge in [0.1, 0.15) is 5.82 Å². The first-order valence-corrected chi connectivity index (χ1v) is 8.46. The third-order valence-corrected chi connectivity index (χ3v) is 4.82. The summed E-state index contributed by atoms with van der Waals surface area (Å²) in [6.07, 6.45) is 0. The minimum absolute atomic E-state index is 0.00687. The number of anilines is 1. The normalized spacial score (nSPS) is 18.9. The molecule has 1 amide bonds. The molecule has 2 aromatic carbocycles. The maximum atomic E-state index is 13.0. The highest BCUT2D eigenvalue weighted by molar-refractivity contribution is 6.36. The Morgan fingerprint density at radius 3 is 2.50 bits per heavy atom. The number of carbonyl (C=O) groups excluding carboxylic acids is 1. The van der Waals surface area contributed by atoms with E-state index in [2.05, 4.69) is 4.90 Å². The molecule has 126 valence electrons. The van der Waals surface area contributed by atoms with Crippen molar-refractivity contribution in [1.82, 2.24) is 4.90 Å². The van der Waals surface area contributed by atoms with Crippen LogP contribution in [0.4, 0.5) is 10.1 Å². The molecule has 0 aliphatic carbocycles. The lowest BCUT2D eigenvalue weighted by molar-refractivity contribution is -0.125. The zero-order chi connectivity index (χ0) is 17.3. The Balaban J connectivity index is 1.74. The molecule has 0 saturated carbocycles. The van der Waals surface area contributed by atoms with E-state index >= 15 is 0 Å². The summed E-state index contributed by atoms with van der Waals surface area (Å²) in [7, 11) is 0. The zero-order valence-corrected chi connectivity index (χ0v) is 14.7. The average Bonchev–Trinajstić information content (AvgIpc) is 2.55. The van der Waals surface area contributed by atoms with E-state index in [0.717, 1.165) is 5.56 Å². The Morgan fingerprint density at radius 2 is 1.83 bits per heavy atom. The minimum atomic E-state index is -0.282. The summed E-state index contributed by atoms with van der Waals surface area (Å²) in [5, 5.41) is 1.01. The molecule has 3 rings (SSSR count).